The summed E-state index contributed by atoms with van der Waals surface area (Å²) in [6.07, 6.45) is 2.14. The van der Waals surface area contributed by atoms with Gasteiger partial charge in [-0.25, -0.2) is 0 Å². The fourth-order valence-electron chi connectivity index (χ4n) is 2.68. The Labute approximate surface area is 151 Å². The van der Waals surface area contributed by atoms with Crippen LogP contribution in [0.3, 0.4) is 0 Å². The lowest BCUT2D eigenvalue weighted by atomic mass is 9.99. The Bertz CT molecular complexity index is 647. The molecule has 0 aromatic heterocycles. The summed E-state index contributed by atoms with van der Waals surface area (Å²) in [4.78, 5) is 0. The number of rotatable bonds is 6. The molecule has 3 heteroatoms. The first kappa shape index (κ1) is 18.5. The molecule has 2 N–H and O–H groups in total. The van der Waals surface area contributed by atoms with Crippen LogP contribution in [0.1, 0.15) is 62.3 Å². The predicted octanol–water partition coefficient (Wildman–Crippen LogP) is 5.95. The highest BCUT2D eigenvalue weighted by Crippen LogP contribution is 2.21. The largest absolute Gasteiger partial charge is 0.356 e. The summed E-state index contributed by atoms with van der Waals surface area (Å²) < 4.78 is 0. The first-order chi connectivity index (χ1) is 11.5. The van der Waals surface area contributed by atoms with Crippen LogP contribution in [0.15, 0.2) is 48.5 Å². The standard InChI is InChI=1S/C21H28N2S/c1-5-16(4)17-11-13-19(14-12-17)22-21(24)23-20(6-2)18-9-7-15(3)8-10-18/h7-14,16,20H,5-6H2,1-4H3,(H2,22,23,24). The molecule has 0 saturated heterocycles. The van der Waals surface area contributed by atoms with E-state index in [1.54, 1.807) is 0 Å². The molecule has 0 aliphatic carbocycles. The van der Waals surface area contributed by atoms with Crippen molar-refractivity contribution in [1.29, 1.82) is 0 Å². The van der Waals surface area contributed by atoms with E-state index in [1.807, 2.05) is 0 Å². The van der Waals surface area contributed by atoms with Gasteiger partial charge in [-0.15, -0.1) is 0 Å². The average molecular weight is 341 g/mol. The van der Waals surface area contributed by atoms with Gasteiger partial charge in [-0.05, 0) is 61.2 Å². The van der Waals surface area contributed by atoms with E-state index in [1.165, 1.54) is 16.7 Å². The summed E-state index contributed by atoms with van der Waals surface area (Å²) in [6.45, 7) is 8.74. The minimum Gasteiger partial charge on any atom is -0.356 e. The molecule has 0 radical (unpaired) electrons. The molecule has 0 aliphatic rings. The smallest absolute Gasteiger partial charge is 0.171 e. The maximum absolute atomic E-state index is 5.49. The maximum atomic E-state index is 5.49. The van der Waals surface area contributed by atoms with E-state index in [0.717, 1.165) is 18.5 Å². The fraction of sp³-hybridized carbons (Fsp3) is 0.381. The van der Waals surface area contributed by atoms with E-state index in [9.17, 15) is 0 Å². The SMILES string of the molecule is CCC(C)c1ccc(NC(=S)NC(CC)c2ccc(C)cc2)cc1. The lowest BCUT2D eigenvalue weighted by molar-refractivity contribution is 0.629. The van der Waals surface area contributed by atoms with E-state index in [2.05, 4.69) is 86.9 Å². The van der Waals surface area contributed by atoms with Crippen molar-refractivity contribution in [2.24, 2.45) is 0 Å². The van der Waals surface area contributed by atoms with Crippen LogP contribution in [0, 0.1) is 6.92 Å². The first-order valence-electron chi connectivity index (χ1n) is 8.77. The van der Waals surface area contributed by atoms with Crippen molar-refractivity contribution in [3.05, 3.63) is 65.2 Å². The lowest BCUT2D eigenvalue weighted by Gasteiger charge is -2.20. The molecule has 24 heavy (non-hydrogen) atoms. The van der Waals surface area contributed by atoms with Crippen molar-refractivity contribution in [2.75, 3.05) is 5.32 Å². The molecule has 128 valence electrons. The van der Waals surface area contributed by atoms with Crippen LogP contribution in [0.4, 0.5) is 5.69 Å². The van der Waals surface area contributed by atoms with Gasteiger partial charge in [0.2, 0.25) is 0 Å². The number of nitrogens with one attached hydrogen (secondary N) is 2. The van der Waals surface area contributed by atoms with Crippen LogP contribution >= 0.6 is 12.2 Å². The Morgan fingerprint density at radius 3 is 2.04 bits per heavy atom. The van der Waals surface area contributed by atoms with E-state index in [0.29, 0.717) is 11.0 Å². The van der Waals surface area contributed by atoms with Crippen molar-refractivity contribution in [1.82, 2.24) is 5.32 Å². The lowest BCUT2D eigenvalue weighted by Crippen LogP contribution is -2.32. The summed E-state index contributed by atoms with van der Waals surface area (Å²) in [5.41, 5.74) is 4.93. The topological polar surface area (TPSA) is 24.1 Å². The quantitative estimate of drug-likeness (QED) is 0.636. The third-order valence-electron chi connectivity index (χ3n) is 4.54. The fourth-order valence-corrected chi connectivity index (χ4v) is 2.94. The summed E-state index contributed by atoms with van der Waals surface area (Å²) in [6, 6.07) is 17.4. The van der Waals surface area contributed by atoms with E-state index < -0.39 is 0 Å². The Kier molecular flexibility index (Phi) is 6.80. The zero-order valence-electron chi connectivity index (χ0n) is 15.1. The molecule has 0 bridgehead atoms. The number of hydrogen-bond acceptors (Lipinski definition) is 1. The highest BCUT2D eigenvalue weighted by Gasteiger charge is 2.10. The number of hydrogen-bond donors (Lipinski definition) is 2. The second-order valence-corrected chi connectivity index (χ2v) is 6.81. The molecule has 2 aromatic rings. The summed E-state index contributed by atoms with van der Waals surface area (Å²) >= 11 is 5.49. The van der Waals surface area contributed by atoms with Crippen LogP contribution in [0.25, 0.3) is 0 Å². The zero-order valence-corrected chi connectivity index (χ0v) is 15.9. The molecule has 0 saturated carbocycles. The van der Waals surface area contributed by atoms with Crippen LogP contribution in [-0.2, 0) is 0 Å². The first-order valence-corrected chi connectivity index (χ1v) is 9.18. The monoisotopic (exact) mass is 340 g/mol. The minimum atomic E-state index is 0.227. The van der Waals surface area contributed by atoms with Crippen molar-refractivity contribution in [3.63, 3.8) is 0 Å². The maximum Gasteiger partial charge on any atom is 0.171 e. The number of thiocarbonyl (C=S) groups is 1. The van der Waals surface area contributed by atoms with Gasteiger partial charge in [0.25, 0.3) is 0 Å². The van der Waals surface area contributed by atoms with E-state index in [-0.39, 0.29) is 6.04 Å². The number of anilines is 1. The summed E-state index contributed by atoms with van der Waals surface area (Å²) in [5.74, 6) is 0.593. The molecule has 2 atom stereocenters. The molecule has 2 nitrogen and oxygen atoms in total. The van der Waals surface area contributed by atoms with E-state index in [4.69, 9.17) is 12.2 Å². The van der Waals surface area contributed by atoms with Crippen molar-refractivity contribution >= 4 is 23.0 Å². The molecular weight excluding hydrogens is 312 g/mol. The second-order valence-electron chi connectivity index (χ2n) is 6.40. The van der Waals surface area contributed by atoms with Gasteiger partial charge in [-0.3, -0.25) is 0 Å². The Balaban J connectivity index is 1.97. The van der Waals surface area contributed by atoms with Gasteiger partial charge >= 0.3 is 0 Å². The Hall–Kier alpha value is -1.87. The molecule has 0 aliphatic heterocycles. The normalized spacial score (nSPS) is 13.2. The average Bonchev–Trinajstić information content (AvgIpc) is 2.60. The van der Waals surface area contributed by atoms with E-state index >= 15 is 0 Å². The summed E-state index contributed by atoms with van der Waals surface area (Å²) in [7, 11) is 0. The Morgan fingerprint density at radius 2 is 1.50 bits per heavy atom. The molecule has 2 rings (SSSR count). The molecule has 2 unspecified atom stereocenters. The van der Waals surface area contributed by atoms with Crippen LogP contribution < -0.4 is 10.6 Å². The zero-order chi connectivity index (χ0) is 17.5. The molecule has 0 heterocycles. The van der Waals surface area contributed by atoms with Gasteiger partial charge in [0, 0.05) is 5.69 Å². The number of aryl methyl sites for hydroxylation is 1. The van der Waals surface area contributed by atoms with Gasteiger partial charge in [-0.2, -0.15) is 0 Å². The van der Waals surface area contributed by atoms with Crippen LogP contribution in [-0.4, -0.2) is 5.11 Å². The van der Waals surface area contributed by atoms with Crippen molar-refractivity contribution < 1.29 is 0 Å². The van der Waals surface area contributed by atoms with Crippen molar-refractivity contribution in [2.45, 2.75) is 52.5 Å². The Morgan fingerprint density at radius 1 is 0.917 bits per heavy atom. The van der Waals surface area contributed by atoms with Crippen molar-refractivity contribution in [3.8, 4) is 0 Å². The number of benzene rings is 2. The molecule has 0 spiro atoms. The molecule has 0 fully saturated rings. The van der Waals surface area contributed by atoms with Gasteiger partial charge in [-0.1, -0.05) is 62.7 Å². The molecule has 0 amide bonds. The highest BCUT2D eigenvalue weighted by atomic mass is 32.1. The third-order valence-corrected chi connectivity index (χ3v) is 4.76. The minimum absolute atomic E-state index is 0.227. The third kappa shape index (κ3) is 5.07. The second kappa shape index (κ2) is 8.84. The molecular formula is C21H28N2S. The predicted molar refractivity (Wildman–Crippen MR) is 109 cm³/mol. The van der Waals surface area contributed by atoms with Gasteiger partial charge in [0.1, 0.15) is 0 Å². The summed E-state index contributed by atoms with van der Waals surface area (Å²) in [5, 5.41) is 7.38. The van der Waals surface area contributed by atoms with Gasteiger partial charge in [0.15, 0.2) is 5.11 Å². The van der Waals surface area contributed by atoms with Gasteiger partial charge < -0.3 is 10.6 Å². The molecule has 2 aromatic carbocycles. The van der Waals surface area contributed by atoms with Gasteiger partial charge in [0.05, 0.1) is 6.04 Å². The van der Waals surface area contributed by atoms with Crippen LogP contribution in [0.2, 0.25) is 0 Å². The van der Waals surface area contributed by atoms with Crippen LogP contribution in [0.5, 0.6) is 0 Å². The highest BCUT2D eigenvalue weighted by molar-refractivity contribution is 7.80.